The fourth-order valence-corrected chi connectivity index (χ4v) is 2.85. The SMILES string of the molecule is CC1CN(Cc2cc3ccccc3o2)CC1C(=O)O. The maximum Gasteiger partial charge on any atom is 0.308 e. The average molecular weight is 259 g/mol. The molecule has 0 saturated carbocycles. The molecule has 0 amide bonds. The van der Waals surface area contributed by atoms with Crippen LogP contribution in [0.15, 0.2) is 34.7 Å². The lowest BCUT2D eigenvalue weighted by Gasteiger charge is -2.12. The number of nitrogens with zero attached hydrogens (tertiary/aromatic N) is 1. The third-order valence-electron chi connectivity index (χ3n) is 3.86. The van der Waals surface area contributed by atoms with Gasteiger partial charge in [0.15, 0.2) is 0 Å². The molecule has 1 N–H and O–H groups in total. The molecule has 0 radical (unpaired) electrons. The summed E-state index contributed by atoms with van der Waals surface area (Å²) in [5, 5.41) is 10.2. The molecule has 4 heteroatoms. The van der Waals surface area contributed by atoms with Gasteiger partial charge in [-0.3, -0.25) is 9.69 Å². The summed E-state index contributed by atoms with van der Waals surface area (Å²) in [6.07, 6.45) is 0. The first kappa shape index (κ1) is 12.2. The zero-order chi connectivity index (χ0) is 13.4. The highest BCUT2D eigenvalue weighted by atomic mass is 16.4. The number of rotatable bonds is 3. The van der Waals surface area contributed by atoms with Crippen LogP contribution in [0, 0.1) is 11.8 Å². The van der Waals surface area contributed by atoms with Crippen LogP contribution in [-0.4, -0.2) is 29.1 Å². The molecule has 3 rings (SSSR count). The van der Waals surface area contributed by atoms with Gasteiger partial charge >= 0.3 is 5.97 Å². The Morgan fingerprint density at radius 1 is 1.42 bits per heavy atom. The smallest absolute Gasteiger partial charge is 0.308 e. The molecule has 1 aromatic carbocycles. The van der Waals surface area contributed by atoms with E-state index in [1.54, 1.807) is 0 Å². The Bertz CT molecular complexity index is 571. The van der Waals surface area contributed by atoms with E-state index in [0.717, 1.165) is 23.3 Å². The molecule has 2 atom stereocenters. The van der Waals surface area contributed by atoms with E-state index in [-0.39, 0.29) is 11.8 Å². The minimum Gasteiger partial charge on any atom is -0.481 e. The Morgan fingerprint density at radius 3 is 2.89 bits per heavy atom. The summed E-state index contributed by atoms with van der Waals surface area (Å²) in [7, 11) is 0. The first-order chi connectivity index (χ1) is 9.13. The maximum atomic E-state index is 11.1. The van der Waals surface area contributed by atoms with Crippen molar-refractivity contribution in [2.75, 3.05) is 13.1 Å². The minimum absolute atomic E-state index is 0.196. The lowest BCUT2D eigenvalue weighted by atomic mass is 9.99. The predicted molar refractivity (Wildman–Crippen MR) is 71.8 cm³/mol. The van der Waals surface area contributed by atoms with Gasteiger partial charge in [0, 0.05) is 18.5 Å². The predicted octanol–water partition coefficient (Wildman–Crippen LogP) is 2.59. The largest absolute Gasteiger partial charge is 0.481 e. The van der Waals surface area contributed by atoms with E-state index in [2.05, 4.69) is 4.90 Å². The number of carbonyl (C=O) groups is 1. The number of carboxylic acid groups (broad SMARTS) is 1. The Kier molecular flexibility index (Phi) is 3.03. The normalized spacial score (nSPS) is 24.1. The third kappa shape index (κ3) is 2.36. The molecule has 100 valence electrons. The summed E-state index contributed by atoms with van der Waals surface area (Å²) < 4.78 is 5.77. The topological polar surface area (TPSA) is 53.7 Å². The van der Waals surface area contributed by atoms with Crippen molar-refractivity contribution in [2.45, 2.75) is 13.5 Å². The fraction of sp³-hybridized carbons (Fsp3) is 0.400. The molecule has 2 aromatic rings. The lowest BCUT2D eigenvalue weighted by molar-refractivity contribution is -0.142. The van der Waals surface area contributed by atoms with Gasteiger partial charge < -0.3 is 9.52 Å². The van der Waals surface area contributed by atoms with Crippen molar-refractivity contribution in [3.63, 3.8) is 0 Å². The van der Waals surface area contributed by atoms with Crippen molar-refractivity contribution in [2.24, 2.45) is 11.8 Å². The monoisotopic (exact) mass is 259 g/mol. The molecule has 4 nitrogen and oxygen atoms in total. The maximum absolute atomic E-state index is 11.1. The lowest BCUT2D eigenvalue weighted by Crippen LogP contribution is -2.22. The molecule has 0 aliphatic carbocycles. The molecule has 1 aromatic heterocycles. The first-order valence-electron chi connectivity index (χ1n) is 6.56. The highest BCUT2D eigenvalue weighted by Crippen LogP contribution is 2.26. The van der Waals surface area contributed by atoms with Crippen molar-refractivity contribution in [1.82, 2.24) is 4.90 Å². The number of hydrogen-bond acceptors (Lipinski definition) is 3. The molecule has 0 spiro atoms. The van der Waals surface area contributed by atoms with Crippen LogP contribution in [0.5, 0.6) is 0 Å². The summed E-state index contributed by atoms with van der Waals surface area (Å²) in [5.74, 6) is 0.144. The number of hydrogen-bond donors (Lipinski definition) is 1. The molecule has 19 heavy (non-hydrogen) atoms. The van der Waals surface area contributed by atoms with Gasteiger partial charge in [0.05, 0.1) is 12.5 Å². The average Bonchev–Trinajstić information content (AvgIpc) is 2.92. The number of furan rings is 1. The van der Waals surface area contributed by atoms with E-state index in [1.807, 2.05) is 37.3 Å². The standard InChI is InChI=1S/C15H17NO3/c1-10-7-16(9-13(10)15(17)18)8-12-6-11-4-2-3-5-14(11)19-12/h2-6,10,13H,7-9H2,1H3,(H,17,18). The third-order valence-corrected chi connectivity index (χ3v) is 3.86. The van der Waals surface area contributed by atoms with E-state index < -0.39 is 5.97 Å². The number of fused-ring (bicyclic) bond motifs is 1. The van der Waals surface area contributed by atoms with Crippen LogP contribution in [0.25, 0.3) is 11.0 Å². The van der Waals surface area contributed by atoms with E-state index >= 15 is 0 Å². The first-order valence-corrected chi connectivity index (χ1v) is 6.56. The van der Waals surface area contributed by atoms with Crippen LogP contribution in [0.2, 0.25) is 0 Å². The van der Waals surface area contributed by atoms with Gasteiger partial charge in [-0.2, -0.15) is 0 Å². The molecule has 2 heterocycles. The fourth-order valence-electron chi connectivity index (χ4n) is 2.85. The van der Waals surface area contributed by atoms with E-state index in [0.29, 0.717) is 13.1 Å². The number of carboxylic acids is 1. The van der Waals surface area contributed by atoms with Crippen molar-refractivity contribution in [1.29, 1.82) is 0 Å². The van der Waals surface area contributed by atoms with Gasteiger partial charge in [0.25, 0.3) is 0 Å². The number of para-hydroxylation sites is 1. The quantitative estimate of drug-likeness (QED) is 0.920. The Hall–Kier alpha value is -1.81. The van der Waals surface area contributed by atoms with Crippen LogP contribution < -0.4 is 0 Å². The van der Waals surface area contributed by atoms with Crippen LogP contribution >= 0.6 is 0 Å². The number of aliphatic carboxylic acids is 1. The second-order valence-corrected chi connectivity index (χ2v) is 5.37. The molecule has 2 unspecified atom stereocenters. The van der Waals surface area contributed by atoms with Crippen LogP contribution in [0.4, 0.5) is 0 Å². The zero-order valence-electron chi connectivity index (χ0n) is 10.9. The van der Waals surface area contributed by atoms with Gasteiger partial charge in [-0.1, -0.05) is 25.1 Å². The summed E-state index contributed by atoms with van der Waals surface area (Å²) in [6, 6.07) is 9.95. The van der Waals surface area contributed by atoms with Crippen molar-refractivity contribution >= 4 is 16.9 Å². The molecular formula is C15H17NO3. The van der Waals surface area contributed by atoms with Crippen molar-refractivity contribution in [3.05, 3.63) is 36.1 Å². The highest BCUT2D eigenvalue weighted by molar-refractivity contribution is 5.77. The second kappa shape index (κ2) is 4.70. The van der Waals surface area contributed by atoms with Crippen LogP contribution in [0.1, 0.15) is 12.7 Å². The summed E-state index contributed by atoms with van der Waals surface area (Å²) in [6.45, 7) is 4.10. The molecule has 0 bridgehead atoms. The minimum atomic E-state index is -0.695. The second-order valence-electron chi connectivity index (χ2n) is 5.37. The van der Waals surface area contributed by atoms with E-state index in [9.17, 15) is 4.79 Å². The van der Waals surface area contributed by atoms with Crippen molar-refractivity contribution in [3.8, 4) is 0 Å². The zero-order valence-corrected chi connectivity index (χ0v) is 10.9. The number of likely N-dealkylation sites (tertiary alicyclic amines) is 1. The van der Waals surface area contributed by atoms with Gasteiger partial charge in [-0.25, -0.2) is 0 Å². The molecule has 1 saturated heterocycles. The summed E-state index contributed by atoms with van der Waals surface area (Å²) >= 11 is 0. The molecule has 1 aliphatic rings. The van der Waals surface area contributed by atoms with Crippen LogP contribution in [-0.2, 0) is 11.3 Å². The Balaban J connectivity index is 1.74. The van der Waals surface area contributed by atoms with Gasteiger partial charge in [-0.05, 0) is 18.1 Å². The molecular weight excluding hydrogens is 242 g/mol. The molecule has 1 fully saturated rings. The number of benzene rings is 1. The van der Waals surface area contributed by atoms with E-state index in [4.69, 9.17) is 9.52 Å². The molecule has 1 aliphatic heterocycles. The summed E-state index contributed by atoms with van der Waals surface area (Å²) in [4.78, 5) is 13.3. The summed E-state index contributed by atoms with van der Waals surface area (Å²) in [5.41, 5.74) is 0.888. The van der Waals surface area contributed by atoms with Gasteiger partial charge in [0.2, 0.25) is 0 Å². The van der Waals surface area contributed by atoms with E-state index in [1.165, 1.54) is 0 Å². The van der Waals surface area contributed by atoms with Crippen LogP contribution in [0.3, 0.4) is 0 Å². The van der Waals surface area contributed by atoms with Gasteiger partial charge in [-0.15, -0.1) is 0 Å². The highest BCUT2D eigenvalue weighted by Gasteiger charge is 2.34. The Labute approximate surface area is 111 Å². The van der Waals surface area contributed by atoms with Gasteiger partial charge in [0.1, 0.15) is 11.3 Å². The Morgan fingerprint density at radius 2 is 2.21 bits per heavy atom. The van der Waals surface area contributed by atoms with Crippen molar-refractivity contribution < 1.29 is 14.3 Å².